The van der Waals surface area contributed by atoms with E-state index in [-0.39, 0.29) is 11.0 Å². The van der Waals surface area contributed by atoms with Crippen LogP contribution in [0, 0.1) is 17.0 Å². The van der Waals surface area contributed by atoms with E-state index in [2.05, 4.69) is 5.32 Å². The molecule has 4 nitrogen and oxygen atoms in total. The predicted octanol–water partition coefficient (Wildman–Crippen LogP) is 7.41. The Hall–Kier alpha value is -3.17. The third-order valence-electron chi connectivity index (χ3n) is 9.46. The number of hydrogen-bond acceptors (Lipinski definition) is 4. The Balaban J connectivity index is 1.33. The topological polar surface area (TPSA) is 27.7 Å². The first-order valence-electron chi connectivity index (χ1n) is 15.2. The molecule has 0 bridgehead atoms. The van der Waals surface area contributed by atoms with Crippen LogP contribution in [0.3, 0.4) is 0 Å². The lowest BCUT2D eigenvalue weighted by molar-refractivity contribution is -0.155. The van der Waals surface area contributed by atoms with Crippen molar-refractivity contribution in [3.63, 3.8) is 0 Å². The summed E-state index contributed by atoms with van der Waals surface area (Å²) in [5.74, 6) is -1.07. The van der Waals surface area contributed by atoms with Gasteiger partial charge in [0.15, 0.2) is 0 Å². The van der Waals surface area contributed by atoms with E-state index in [0.29, 0.717) is 36.6 Å². The summed E-state index contributed by atoms with van der Waals surface area (Å²) >= 11 is 0. The van der Waals surface area contributed by atoms with Crippen LogP contribution in [0.1, 0.15) is 60.9 Å². The predicted molar refractivity (Wildman–Crippen MR) is 157 cm³/mol. The summed E-state index contributed by atoms with van der Waals surface area (Å²) in [5, 5.41) is 3.39. The Labute approximate surface area is 249 Å². The first kappa shape index (κ1) is 29.9. The lowest BCUT2D eigenvalue weighted by Crippen LogP contribution is -2.49. The highest BCUT2D eigenvalue weighted by atomic mass is 19.4. The molecule has 2 saturated heterocycles. The van der Waals surface area contributed by atoms with Crippen molar-refractivity contribution < 1.29 is 26.7 Å². The Morgan fingerprint density at radius 2 is 1.67 bits per heavy atom. The zero-order chi connectivity index (χ0) is 30.2. The van der Waals surface area contributed by atoms with Gasteiger partial charge in [-0.1, -0.05) is 36.4 Å². The van der Waals surface area contributed by atoms with Crippen molar-refractivity contribution in [2.24, 2.45) is 5.41 Å². The van der Waals surface area contributed by atoms with E-state index >= 15 is 8.78 Å². The molecule has 0 amide bonds. The zero-order valence-corrected chi connectivity index (χ0v) is 24.4. The maximum absolute atomic E-state index is 16.1. The quantitative estimate of drug-likeness (QED) is 0.299. The molecule has 9 heteroatoms. The second-order valence-corrected chi connectivity index (χ2v) is 12.5. The summed E-state index contributed by atoms with van der Waals surface area (Å²) in [6.07, 6.45) is -0.163. The SMILES string of the molecule is C[C@@H]1Cc2cc(OCc3ccccc3)ccc2C(c2c(F)cc(N3CCCC4(CCNCC4)C3)cc2F)N1CC(F)(F)F. The maximum atomic E-state index is 16.1. The molecule has 1 unspecified atom stereocenters. The van der Waals surface area contributed by atoms with Gasteiger partial charge in [-0.05, 0) is 98.5 Å². The van der Waals surface area contributed by atoms with Gasteiger partial charge in [-0.15, -0.1) is 0 Å². The number of anilines is 1. The van der Waals surface area contributed by atoms with Crippen LogP contribution in [0.2, 0.25) is 0 Å². The van der Waals surface area contributed by atoms with Crippen LogP contribution < -0.4 is 15.0 Å². The van der Waals surface area contributed by atoms with Gasteiger partial charge in [-0.3, -0.25) is 4.90 Å². The Bertz CT molecular complexity index is 1390. The molecule has 3 aliphatic rings. The fourth-order valence-corrected chi connectivity index (χ4v) is 7.31. The van der Waals surface area contributed by atoms with Crippen LogP contribution in [0.4, 0.5) is 27.6 Å². The number of nitrogens with zero attached hydrogens (tertiary/aromatic N) is 2. The fraction of sp³-hybridized carbons (Fsp3) is 0.471. The molecular weight excluding hydrogens is 561 g/mol. The number of alkyl halides is 3. The molecular formula is C34H38F5N3O. The van der Waals surface area contributed by atoms with E-state index in [4.69, 9.17) is 4.74 Å². The molecule has 230 valence electrons. The molecule has 1 spiro atoms. The molecule has 43 heavy (non-hydrogen) atoms. The molecule has 3 aliphatic heterocycles. The van der Waals surface area contributed by atoms with E-state index in [1.165, 1.54) is 17.0 Å². The molecule has 2 atom stereocenters. The van der Waals surface area contributed by atoms with Gasteiger partial charge in [-0.25, -0.2) is 8.78 Å². The highest BCUT2D eigenvalue weighted by Crippen LogP contribution is 2.44. The summed E-state index contributed by atoms with van der Waals surface area (Å²) in [6, 6.07) is 15.6. The van der Waals surface area contributed by atoms with Crippen LogP contribution >= 0.6 is 0 Å². The normalized spacial score (nSPS) is 22.4. The van der Waals surface area contributed by atoms with E-state index < -0.39 is 36.4 Å². The number of piperidine rings is 2. The van der Waals surface area contributed by atoms with Crippen LogP contribution in [0.5, 0.6) is 5.75 Å². The van der Waals surface area contributed by atoms with Gasteiger partial charge in [0.2, 0.25) is 0 Å². The zero-order valence-electron chi connectivity index (χ0n) is 24.4. The highest BCUT2D eigenvalue weighted by molar-refractivity contribution is 5.53. The van der Waals surface area contributed by atoms with Gasteiger partial charge in [0, 0.05) is 30.4 Å². The minimum absolute atomic E-state index is 0.122. The second-order valence-electron chi connectivity index (χ2n) is 12.5. The van der Waals surface area contributed by atoms with Gasteiger partial charge < -0.3 is 15.0 Å². The standard InChI is InChI=1S/C34H38F5N3O/c1-23-16-25-17-27(43-20-24-6-3-2-4-7-24)8-9-28(25)32(42(23)22-34(37,38)39)31-29(35)18-26(19-30(31)36)41-15-5-10-33(21-41)11-13-40-14-12-33/h2-4,6-9,17-19,23,32,40H,5,10-16,20-22H2,1H3/t23-,32?/m1/s1. The van der Waals surface area contributed by atoms with Crippen molar-refractivity contribution >= 4 is 5.69 Å². The number of benzene rings is 3. The molecule has 0 saturated carbocycles. The van der Waals surface area contributed by atoms with Gasteiger partial charge in [0.05, 0.1) is 12.6 Å². The third kappa shape index (κ3) is 6.53. The third-order valence-corrected chi connectivity index (χ3v) is 9.46. The first-order chi connectivity index (χ1) is 20.6. The number of halogens is 5. The second kappa shape index (κ2) is 12.1. The Kier molecular flexibility index (Phi) is 8.39. The maximum Gasteiger partial charge on any atom is 0.401 e. The van der Waals surface area contributed by atoms with Crippen LogP contribution in [-0.4, -0.2) is 49.8 Å². The molecule has 0 aliphatic carbocycles. The van der Waals surface area contributed by atoms with Gasteiger partial charge in [0.1, 0.15) is 24.0 Å². The number of rotatable bonds is 6. The van der Waals surface area contributed by atoms with E-state index in [1.54, 1.807) is 25.1 Å². The smallest absolute Gasteiger partial charge is 0.401 e. The number of ether oxygens (including phenoxy) is 1. The van der Waals surface area contributed by atoms with Crippen molar-refractivity contribution in [1.82, 2.24) is 10.2 Å². The summed E-state index contributed by atoms with van der Waals surface area (Å²) in [6.45, 7) is 4.03. The fourth-order valence-electron chi connectivity index (χ4n) is 7.31. The Morgan fingerprint density at radius 1 is 0.953 bits per heavy atom. The molecule has 0 radical (unpaired) electrons. The average Bonchev–Trinajstić information content (AvgIpc) is 2.97. The van der Waals surface area contributed by atoms with E-state index in [9.17, 15) is 13.2 Å². The van der Waals surface area contributed by atoms with Crippen molar-refractivity contribution in [2.75, 3.05) is 37.6 Å². The summed E-state index contributed by atoms with van der Waals surface area (Å²) in [5.41, 5.74) is 2.41. The number of nitrogens with one attached hydrogen (secondary N) is 1. The molecule has 3 aromatic rings. The van der Waals surface area contributed by atoms with Crippen molar-refractivity contribution in [3.05, 3.63) is 94.6 Å². The average molecular weight is 600 g/mol. The van der Waals surface area contributed by atoms with Gasteiger partial charge in [0.25, 0.3) is 0 Å². The summed E-state index contributed by atoms with van der Waals surface area (Å²) in [4.78, 5) is 3.23. The Morgan fingerprint density at radius 3 is 2.37 bits per heavy atom. The van der Waals surface area contributed by atoms with E-state index in [0.717, 1.165) is 56.4 Å². The van der Waals surface area contributed by atoms with Crippen LogP contribution in [0.15, 0.2) is 60.7 Å². The molecule has 0 aromatic heterocycles. The molecule has 6 rings (SSSR count). The summed E-state index contributed by atoms with van der Waals surface area (Å²) in [7, 11) is 0. The minimum Gasteiger partial charge on any atom is -0.489 e. The van der Waals surface area contributed by atoms with Crippen molar-refractivity contribution in [2.45, 2.75) is 63.9 Å². The minimum atomic E-state index is -4.54. The van der Waals surface area contributed by atoms with E-state index in [1.807, 2.05) is 35.2 Å². The van der Waals surface area contributed by atoms with Crippen LogP contribution in [0.25, 0.3) is 0 Å². The van der Waals surface area contributed by atoms with Crippen molar-refractivity contribution in [1.29, 1.82) is 0 Å². The lowest BCUT2D eigenvalue weighted by atomic mass is 9.73. The number of hydrogen-bond donors (Lipinski definition) is 1. The monoisotopic (exact) mass is 599 g/mol. The lowest BCUT2D eigenvalue weighted by Gasteiger charge is -2.46. The van der Waals surface area contributed by atoms with Gasteiger partial charge >= 0.3 is 6.18 Å². The summed E-state index contributed by atoms with van der Waals surface area (Å²) < 4.78 is 79.6. The van der Waals surface area contributed by atoms with Gasteiger partial charge in [-0.2, -0.15) is 13.2 Å². The highest BCUT2D eigenvalue weighted by Gasteiger charge is 2.43. The first-order valence-corrected chi connectivity index (χ1v) is 15.2. The molecule has 3 heterocycles. The molecule has 2 fully saturated rings. The van der Waals surface area contributed by atoms with Crippen LogP contribution in [-0.2, 0) is 13.0 Å². The molecule has 3 aromatic carbocycles. The van der Waals surface area contributed by atoms with Crippen molar-refractivity contribution in [3.8, 4) is 5.75 Å². The largest absolute Gasteiger partial charge is 0.489 e. The number of fused-ring (bicyclic) bond motifs is 1. The molecule has 1 N–H and O–H groups in total.